The Morgan fingerprint density at radius 2 is 1.68 bits per heavy atom. The van der Waals surface area contributed by atoms with E-state index >= 15 is 0 Å². The Balaban J connectivity index is 0.00000729. The summed E-state index contributed by atoms with van der Waals surface area (Å²) >= 11 is 0. The molecule has 1 unspecified atom stereocenters. The third-order valence-corrected chi connectivity index (χ3v) is 4.59. The molecule has 0 saturated heterocycles. The summed E-state index contributed by atoms with van der Waals surface area (Å²) in [4.78, 5) is 7.02. The molecule has 0 aliphatic carbocycles. The standard InChI is InChI=1S/C20H36N4O3.HI/c1-8-15(3)24(4)11-10-22-20(21-9-2)23-14-16-12-17(25-5)19(27-7)18(13-16)26-6;/h12-13,15H,8-11,14H2,1-7H3,(H2,21,22,23);1H. The summed E-state index contributed by atoms with van der Waals surface area (Å²) in [7, 11) is 6.98. The first-order valence-electron chi connectivity index (χ1n) is 9.51. The maximum atomic E-state index is 5.41. The highest BCUT2D eigenvalue weighted by Crippen LogP contribution is 2.38. The smallest absolute Gasteiger partial charge is 0.203 e. The van der Waals surface area contributed by atoms with Crippen LogP contribution in [0.5, 0.6) is 17.2 Å². The molecule has 2 N–H and O–H groups in total. The van der Waals surface area contributed by atoms with E-state index in [4.69, 9.17) is 14.2 Å². The number of guanidine groups is 1. The Labute approximate surface area is 187 Å². The van der Waals surface area contributed by atoms with Gasteiger partial charge in [0.15, 0.2) is 17.5 Å². The summed E-state index contributed by atoms with van der Waals surface area (Å²) in [6.45, 7) is 9.62. The lowest BCUT2D eigenvalue weighted by molar-refractivity contribution is 0.255. The van der Waals surface area contributed by atoms with Crippen LogP contribution in [-0.4, -0.2) is 64.9 Å². The number of hydrogen-bond acceptors (Lipinski definition) is 5. The quantitative estimate of drug-likeness (QED) is 0.272. The van der Waals surface area contributed by atoms with E-state index in [1.54, 1.807) is 21.3 Å². The minimum atomic E-state index is 0. The monoisotopic (exact) mass is 508 g/mol. The molecule has 0 heterocycles. The number of nitrogens with one attached hydrogen (secondary N) is 2. The van der Waals surface area contributed by atoms with Gasteiger partial charge in [0.1, 0.15) is 0 Å². The van der Waals surface area contributed by atoms with Crippen LogP contribution in [0, 0.1) is 0 Å². The van der Waals surface area contributed by atoms with Crippen molar-refractivity contribution in [1.82, 2.24) is 15.5 Å². The van der Waals surface area contributed by atoms with Gasteiger partial charge in [-0.3, -0.25) is 0 Å². The summed E-state index contributed by atoms with van der Waals surface area (Å²) in [6, 6.07) is 4.42. The molecule has 1 rings (SSSR count). The summed E-state index contributed by atoms with van der Waals surface area (Å²) < 4.78 is 16.2. The minimum Gasteiger partial charge on any atom is -0.493 e. The number of benzene rings is 1. The Kier molecular flexibility index (Phi) is 13.8. The maximum absolute atomic E-state index is 5.41. The molecule has 28 heavy (non-hydrogen) atoms. The first-order valence-corrected chi connectivity index (χ1v) is 9.51. The lowest BCUT2D eigenvalue weighted by Gasteiger charge is -2.24. The Morgan fingerprint density at radius 1 is 1.07 bits per heavy atom. The molecule has 1 aromatic rings. The summed E-state index contributed by atoms with van der Waals surface area (Å²) in [6.07, 6.45) is 1.14. The predicted octanol–water partition coefficient (Wildman–Crippen LogP) is 3.12. The van der Waals surface area contributed by atoms with Gasteiger partial charge in [-0.2, -0.15) is 0 Å². The second-order valence-corrected chi connectivity index (χ2v) is 6.39. The number of likely N-dealkylation sites (N-methyl/N-ethyl adjacent to an activating group) is 1. The van der Waals surface area contributed by atoms with Crippen molar-refractivity contribution in [1.29, 1.82) is 0 Å². The molecule has 0 aliphatic heterocycles. The van der Waals surface area contributed by atoms with Crippen LogP contribution < -0.4 is 24.8 Å². The molecule has 0 radical (unpaired) electrons. The van der Waals surface area contributed by atoms with Crippen LogP contribution in [0.1, 0.15) is 32.8 Å². The summed E-state index contributed by atoms with van der Waals surface area (Å²) in [5.41, 5.74) is 0.985. The van der Waals surface area contributed by atoms with Crippen molar-refractivity contribution in [3.8, 4) is 17.2 Å². The second-order valence-electron chi connectivity index (χ2n) is 6.39. The van der Waals surface area contributed by atoms with E-state index in [-0.39, 0.29) is 24.0 Å². The molecule has 0 amide bonds. The van der Waals surface area contributed by atoms with Gasteiger partial charge in [-0.15, -0.1) is 24.0 Å². The van der Waals surface area contributed by atoms with Crippen molar-refractivity contribution in [2.45, 2.75) is 39.8 Å². The minimum absolute atomic E-state index is 0. The topological polar surface area (TPSA) is 67.4 Å². The molecule has 0 aromatic heterocycles. The fourth-order valence-corrected chi connectivity index (χ4v) is 2.62. The van der Waals surface area contributed by atoms with Gasteiger partial charge in [-0.05, 0) is 45.0 Å². The van der Waals surface area contributed by atoms with Crippen molar-refractivity contribution in [3.05, 3.63) is 17.7 Å². The van der Waals surface area contributed by atoms with Gasteiger partial charge in [0, 0.05) is 25.7 Å². The van der Waals surface area contributed by atoms with Crippen LogP contribution in [-0.2, 0) is 6.54 Å². The van der Waals surface area contributed by atoms with Gasteiger partial charge in [-0.25, -0.2) is 4.99 Å². The van der Waals surface area contributed by atoms with Crippen LogP contribution >= 0.6 is 24.0 Å². The van der Waals surface area contributed by atoms with Crippen molar-refractivity contribution >= 4 is 29.9 Å². The average molecular weight is 508 g/mol. The van der Waals surface area contributed by atoms with Crippen LogP contribution in [0.3, 0.4) is 0 Å². The molecular weight excluding hydrogens is 471 g/mol. The predicted molar refractivity (Wildman–Crippen MR) is 127 cm³/mol. The zero-order valence-corrected chi connectivity index (χ0v) is 20.6. The van der Waals surface area contributed by atoms with Crippen LogP contribution in [0.2, 0.25) is 0 Å². The number of rotatable bonds is 11. The van der Waals surface area contributed by atoms with E-state index in [0.717, 1.165) is 37.6 Å². The van der Waals surface area contributed by atoms with Crippen LogP contribution in [0.4, 0.5) is 0 Å². The largest absolute Gasteiger partial charge is 0.493 e. The molecule has 1 atom stereocenters. The van der Waals surface area contributed by atoms with Crippen molar-refractivity contribution in [3.63, 3.8) is 0 Å². The molecular formula is C20H37IN4O3. The van der Waals surface area contributed by atoms with E-state index in [2.05, 4.69) is 48.3 Å². The fraction of sp³-hybridized carbons (Fsp3) is 0.650. The lowest BCUT2D eigenvalue weighted by atomic mass is 10.2. The molecule has 7 nitrogen and oxygen atoms in total. The van der Waals surface area contributed by atoms with Gasteiger partial charge in [0.2, 0.25) is 5.75 Å². The van der Waals surface area contributed by atoms with Crippen LogP contribution in [0.25, 0.3) is 0 Å². The first-order chi connectivity index (χ1) is 13.0. The van der Waals surface area contributed by atoms with E-state index in [9.17, 15) is 0 Å². The molecule has 0 fully saturated rings. The van der Waals surface area contributed by atoms with Crippen LogP contribution in [0.15, 0.2) is 17.1 Å². The zero-order chi connectivity index (χ0) is 20.2. The van der Waals surface area contributed by atoms with Gasteiger partial charge >= 0.3 is 0 Å². The van der Waals surface area contributed by atoms with E-state index < -0.39 is 0 Å². The second kappa shape index (κ2) is 14.6. The van der Waals surface area contributed by atoms with Gasteiger partial charge < -0.3 is 29.7 Å². The van der Waals surface area contributed by atoms with E-state index in [0.29, 0.717) is 29.8 Å². The van der Waals surface area contributed by atoms with Gasteiger partial charge in [0.25, 0.3) is 0 Å². The Morgan fingerprint density at radius 3 is 2.14 bits per heavy atom. The third-order valence-electron chi connectivity index (χ3n) is 4.59. The number of nitrogens with zero attached hydrogens (tertiary/aromatic N) is 2. The van der Waals surface area contributed by atoms with Crippen molar-refractivity contribution < 1.29 is 14.2 Å². The Bertz CT molecular complexity index is 574. The maximum Gasteiger partial charge on any atom is 0.203 e. The van der Waals surface area contributed by atoms with E-state index in [1.807, 2.05) is 12.1 Å². The third kappa shape index (κ3) is 8.30. The molecule has 0 bridgehead atoms. The fourth-order valence-electron chi connectivity index (χ4n) is 2.62. The molecule has 8 heteroatoms. The first kappa shape index (κ1) is 26.6. The number of ether oxygens (including phenoxy) is 3. The zero-order valence-electron chi connectivity index (χ0n) is 18.3. The highest BCUT2D eigenvalue weighted by atomic mass is 127. The van der Waals surface area contributed by atoms with E-state index in [1.165, 1.54) is 0 Å². The SMILES string of the molecule is CCNC(=NCc1cc(OC)c(OC)c(OC)c1)NCCN(C)C(C)CC.I. The van der Waals surface area contributed by atoms with Crippen molar-refractivity contribution in [2.24, 2.45) is 4.99 Å². The highest BCUT2D eigenvalue weighted by molar-refractivity contribution is 14.0. The number of methoxy groups -OCH3 is 3. The summed E-state index contributed by atoms with van der Waals surface area (Å²) in [5, 5.41) is 6.67. The normalized spacial score (nSPS) is 12.2. The molecule has 0 spiro atoms. The lowest BCUT2D eigenvalue weighted by Crippen LogP contribution is -2.42. The average Bonchev–Trinajstić information content (AvgIpc) is 2.70. The summed E-state index contributed by atoms with van der Waals surface area (Å²) in [5.74, 6) is 2.65. The number of hydrogen-bond donors (Lipinski definition) is 2. The van der Waals surface area contributed by atoms with Crippen molar-refractivity contribution in [2.75, 3.05) is 48.0 Å². The molecule has 0 aliphatic rings. The number of aliphatic imine (C=N–C) groups is 1. The molecule has 0 saturated carbocycles. The molecule has 1 aromatic carbocycles. The highest BCUT2D eigenvalue weighted by Gasteiger charge is 2.13. The number of halogens is 1. The Hall–Kier alpha value is -1.42. The van der Waals surface area contributed by atoms with Gasteiger partial charge in [0.05, 0.1) is 27.9 Å². The molecule has 162 valence electrons. The van der Waals surface area contributed by atoms with Gasteiger partial charge in [-0.1, -0.05) is 6.92 Å².